The van der Waals surface area contributed by atoms with Gasteiger partial charge >= 0.3 is 5.97 Å². The fraction of sp³-hybridized carbons (Fsp3) is 0.429. The van der Waals surface area contributed by atoms with Crippen molar-refractivity contribution in [2.24, 2.45) is 7.05 Å². The molecule has 0 saturated carbocycles. The number of rotatable bonds is 6. The van der Waals surface area contributed by atoms with Crippen LogP contribution in [0, 0.1) is 13.8 Å². The number of anilines is 1. The molecule has 154 valence electrons. The molecule has 1 atom stereocenters. The summed E-state index contributed by atoms with van der Waals surface area (Å²) in [5.41, 5.74) is 3.45. The Bertz CT molecular complexity index is 933. The van der Waals surface area contributed by atoms with Crippen LogP contribution in [-0.2, 0) is 27.9 Å². The van der Waals surface area contributed by atoms with E-state index in [0.717, 1.165) is 24.2 Å². The molecule has 0 spiro atoms. The summed E-state index contributed by atoms with van der Waals surface area (Å²) in [4.78, 5) is 38.3. The van der Waals surface area contributed by atoms with E-state index in [9.17, 15) is 14.4 Å². The number of likely N-dealkylation sites (tertiary alicyclic amines) is 1. The van der Waals surface area contributed by atoms with Crippen LogP contribution in [0.15, 0.2) is 24.3 Å². The molecule has 2 aromatic rings. The quantitative estimate of drug-likeness (QED) is 0.754. The number of aromatic nitrogens is 2. The van der Waals surface area contributed by atoms with Gasteiger partial charge in [-0.1, -0.05) is 12.1 Å². The van der Waals surface area contributed by atoms with Crippen molar-refractivity contribution in [3.63, 3.8) is 0 Å². The molecule has 1 N–H and O–H groups in total. The Morgan fingerprint density at radius 3 is 2.48 bits per heavy atom. The number of hydrogen-bond donors (Lipinski definition) is 1. The lowest BCUT2D eigenvalue weighted by Gasteiger charge is -2.16. The molecule has 2 amide bonds. The van der Waals surface area contributed by atoms with E-state index in [-0.39, 0.29) is 5.91 Å². The number of amides is 2. The van der Waals surface area contributed by atoms with Gasteiger partial charge in [-0.3, -0.25) is 14.3 Å². The highest BCUT2D eigenvalue weighted by Crippen LogP contribution is 2.19. The first-order valence-corrected chi connectivity index (χ1v) is 9.65. The molecule has 2 heterocycles. The van der Waals surface area contributed by atoms with Gasteiger partial charge in [-0.2, -0.15) is 5.10 Å². The second-order valence-electron chi connectivity index (χ2n) is 7.32. The van der Waals surface area contributed by atoms with Crippen LogP contribution in [0.2, 0.25) is 0 Å². The smallest absolute Gasteiger partial charge is 0.338 e. The molecule has 1 unspecified atom stereocenters. The number of benzene rings is 1. The molecule has 8 heteroatoms. The molecule has 1 aromatic heterocycles. The van der Waals surface area contributed by atoms with Crippen molar-refractivity contribution in [2.45, 2.75) is 46.3 Å². The van der Waals surface area contributed by atoms with Crippen LogP contribution in [0.25, 0.3) is 0 Å². The fourth-order valence-corrected chi connectivity index (χ4v) is 3.30. The first kappa shape index (κ1) is 20.6. The Balaban J connectivity index is 1.57. The summed E-state index contributed by atoms with van der Waals surface area (Å²) in [5, 5.41) is 7.02. The highest BCUT2D eigenvalue weighted by Gasteiger charge is 2.22. The van der Waals surface area contributed by atoms with Gasteiger partial charge < -0.3 is 15.0 Å². The Labute approximate surface area is 169 Å². The number of ether oxygens (including phenoxy) is 1. The minimum absolute atomic E-state index is 0.160. The lowest BCUT2D eigenvalue weighted by Crippen LogP contribution is -2.30. The highest BCUT2D eigenvalue weighted by atomic mass is 16.5. The Hall–Kier alpha value is -3.16. The third kappa shape index (κ3) is 4.64. The number of esters is 1. The summed E-state index contributed by atoms with van der Waals surface area (Å²) in [6, 6.07) is 6.90. The molecular weight excluding hydrogens is 372 g/mol. The van der Waals surface area contributed by atoms with Crippen molar-refractivity contribution in [3.8, 4) is 0 Å². The second kappa shape index (κ2) is 8.46. The van der Waals surface area contributed by atoms with E-state index in [1.807, 2.05) is 11.8 Å². The maximum atomic E-state index is 12.4. The van der Waals surface area contributed by atoms with Crippen LogP contribution in [0.5, 0.6) is 0 Å². The molecular formula is C21H26N4O4. The van der Waals surface area contributed by atoms with E-state index in [2.05, 4.69) is 10.4 Å². The summed E-state index contributed by atoms with van der Waals surface area (Å²) >= 11 is 0. The van der Waals surface area contributed by atoms with Crippen molar-refractivity contribution in [1.29, 1.82) is 0 Å². The minimum Gasteiger partial charge on any atom is -0.449 e. The summed E-state index contributed by atoms with van der Waals surface area (Å²) in [6.07, 6.45) is 0.535. The summed E-state index contributed by atoms with van der Waals surface area (Å²) in [5.74, 6) is -0.829. The van der Waals surface area contributed by atoms with Crippen LogP contribution in [0.1, 0.15) is 47.1 Å². The molecule has 8 nitrogen and oxygen atoms in total. The maximum Gasteiger partial charge on any atom is 0.338 e. The molecule has 1 fully saturated rings. The number of nitrogens with one attached hydrogen (secondary N) is 1. The van der Waals surface area contributed by atoms with Gasteiger partial charge in [0.2, 0.25) is 5.91 Å². The van der Waals surface area contributed by atoms with Gasteiger partial charge in [-0.05, 0) is 44.9 Å². The van der Waals surface area contributed by atoms with Crippen LogP contribution >= 0.6 is 0 Å². The molecule has 0 bridgehead atoms. The molecule has 0 aliphatic carbocycles. The summed E-state index contributed by atoms with van der Waals surface area (Å²) < 4.78 is 6.98. The van der Waals surface area contributed by atoms with Gasteiger partial charge in [0, 0.05) is 26.6 Å². The van der Waals surface area contributed by atoms with Crippen LogP contribution < -0.4 is 5.32 Å². The third-order valence-electron chi connectivity index (χ3n) is 5.14. The molecule has 1 aromatic carbocycles. The number of carbonyl (C=O) groups is 3. The number of hydrogen-bond acceptors (Lipinski definition) is 5. The molecule has 1 saturated heterocycles. The predicted molar refractivity (Wildman–Crippen MR) is 107 cm³/mol. The highest BCUT2D eigenvalue weighted by molar-refractivity contribution is 5.98. The van der Waals surface area contributed by atoms with Crippen molar-refractivity contribution in [1.82, 2.24) is 14.7 Å². The van der Waals surface area contributed by atoms with Crippen molar-refractivity contribution < 1.29 is 19.1 Å². The Morgan fingerprint density at radius 2 is 1.93 bits per heavy atom. The van der Waals surface area contributed by atoms with Crippen molar-refractivity contribution in [3.05, 3.63) is 46.8 Å². The van der Waals surface area contributed by atoms with Crippen LogP contribution in [0.4, 0.5) is 5.69 Å². The first-order valence-electron chi connectivity index (χ1n) is 9.65. The molecule has 3 rings (SSSR count). The zero-order valence-electron chi connectivity index (χ0n) is 17.2. The van der Waals surface area contributed by atoms with Gasteiger partial charge in [0.05, 0.1) is 22.6 Å². The van der Waals surface area contributed by atoms with E-state index < -0.39 is 18.0 Å². The molecule has 1 aliphatic rings. The maximum absolute atomic E-state index is 12.4. The lowest BCUT2D eigenvalue weighted by atomic mass is 10.1. The Morgan fingerprint density at radius 1 is 1.24 bits per heavy atom. The van der Waals surface area contributed by atoms with Crippen molar-refractivity contribution in [2.75, 3.05) is 11.9 Å². The third-order valence-corrected chi connectivity index (χ3v) is 5.14. The molecule has 29 heavy (non-hydrogen) atoms. The van der Waals surface area contributed by atoms with Gasteiger partial charge in [0.1, 0.15) is 0 Å². The summed E-state index contributed by atoms with van der Waals surface area (Å²) in [7, 11) is 1.80. The largest absolute Gasteiger partial charge is 0.449 e. The average molecular weight is 398 g/mol. The fourth-order valence-electron chi connectivity index (χ4n) is 3.30. The number of aryl methyl sites for hydroxylation is 2. The Kier molecular flexibility index (Phi) is 6.00. The topological polar surface area (TPSA) is 93.5 Å². The van der Waals surface area contributed by atoms with Gasteiger partial charge in [-0.25, -0.2) is 4.79 Å². The van der Waals surface area contributed by atoms with E-state index in [1.165, 1.54) is 6.92 Å². The molecule has 1 aliphatic heterocycles. The monoisotopic (exact) mass is 398 g/mol. The predicted octanol–water partition coefficient (Wildman–Crippen LogP) is 2.34. The van der Waals surface area contributed by atoms with Gasteiger partial charge in [-0.15, -0.1) is 0 Å². The normalized spacial score (nSPS) is 14.8. The van der Waals surface area contributed by atoms with Gasteiger partial charge in [0.15, 0.2) is 6.10 Å². The number of carbonyl (C=O) groups excluding carboxylic acids is 3. The van der Waals surface area contributed by atoms with Crippen LogP contribution in [0.3, 0.4) is 0 Å². The minimum atomic E-state index is -0.955. The lowest BCUT2D eigenvalue weighted by molar-refractivity contribution is -0.128. The van der Waals surface area contributed by atoms with Crippen LogP contribution in [-0.4, -0.2) is 45.1 Å². The van der Waals surface area contributed by atoms with E-state index in [4.69, 9.17) is 4.74 Å². The SMILES string of the molecule is Cc1nn(C)c(C)c1NC(=O)C(C)OC(=O)c1ccc(CN2CCCC2=O)cc1. The van der Waals surface area contributed by atoms with Gasteiger partial charge in [0.25, 0.3) is 5.91 Å². The number of nitrogens with zero attached hydrogens (tertiary/aromatic N) is 3. The van der Waals surface area contributed by atoms with E-state index in [0.29, 0.717) is 29.9 Å². The molecule has 0 radical (unpaired) electrons. The standard InChI is InChI=1S/C21H26N4O4/c1-13-19(14(2)24(4)23-13)22-20(27)15(3)29-21(28)17-9-7-16(8-10-17)12-25-11-5-6-18(25)26/h7-10,15H,5-6,11-12H2,1-4H3,(H,22,27). The zero-order valence-corrected chi connectivity index (χ0v) is 17.2. The van der Waals surface area contributed by atoms with E-state index in [1.54, 1.807) is 42.9 Å². The average Bonchev–Trinajstić information content (AvgIpc) is 3.19. The summed E-state index contributed by atoms with van der Waals surface area (Å²) in [6.45, 7) is 6.49. The van der Waals surface area contributed by atoms with Crippen molar-refractivity contribution >= 4 is 23.5 Å². The first-order chi connectivity index (χ1) is 13.8. The zero-order chi connectivity index (χ0) is 21.1. The second-order valence-corrected chi connectivity index (χ2v) is 7.32. The van der Waals surface area contributed by atoms with E-state index >= 15 is 0 Å².